The van der Waals surface area contributed by atoms with E-state index in [-0.39, 0.29) is 11.8 Å². The van der Waals surface area contributed by atoms with E-state index in [1.807, 2.05) is 6.07 Å². The summed E-state index contributed by atoms with van der Waals surface area (Å²) in [6.07, 6.45) is 5.23. The van der Waals surface area contributed by atoms with Crippen molar-refractivity contribution in [2.75, 3.05) is 43.6 Å². The van der Waals surface area contributed by atoms with Gasteiger partial charge in [0.05, 0.1) is 31.6 Å². The van der Waals surface area contributed by atoms with Crippen molar-refractivity contribution in [2.45, 2.75) is 32.1 Å². The van der Waals surface area contributed by atoms with Gasteiger partial charge in [0, 0.05) is 24.7 Å². The minimum Gasteiger partial charge on any atom is -0.465 e. The van der Waals surface area contributed by atoms with Crippen LogP contribution in [-0.4, -0.2) is 45.3 Å². The van der Waals surface area contributed by atoms with Crippen molar-refractivity contribution in [1.82, 2.24) is 0 Å². The zero-order valence-electron chi connectivity index (χ0n) is 14.8. The van der Waals surface area contributed by atoms with Crippen LogP contribution in [0, 0.1) is 5.92 Å². The number of nitrogens with zero attached hydrogens (tertiary/aromatic N) is 1. The van der Waals surface area contributed by atoms with Gasteiger partial charge < -0.3 is 19.7 Å². The number of rotatable bonds is 4. The second-order valence-corrected chi connectivity index (χ2v) is 6.65. The number of benzene rings is 1. The second-order valence-electron chi connectivity index (χ2n) is 6.65. The Balaban J connectivity index is 1.79. The molecule has 1 amide bonds. The summed E-state index contributed by atoms with van der Waals surface area (Å²) >= 11 is 0. The summed E-state index contributed by atoms with van der Waals surface area (Å²) in [7, 11) is 1.36. The highest BCUT2D eigenvalue weighted by Crippen LogP contribution is 2.28. The smallest absolute Gasteiger partial charge is 0.340 e. The van der Waals surface area contributed by atoms with Crippen LogP contribution >= 0.6 is 0 Å². The molecule has 0 aromatic heterocycles. The van der Waals surface area contributed by atoms with E-state index >= 15 is 0 Å². The fourth-order valence-corrected chi connectivity index (χ4v) is 3.54. The summed E-state index contributed by atoms with van der Waals surface area (Å²) in [4.78, 5) is 26.9. The van der Waals surface area contributed by atoms with Crippen molar-refractivity contribution in [1.29, 1.82) is 0 Å². The number of anilines is 2. The van der Waals surface area contributed by atoms with Gasteiger partial charge >= 0.3 is 5.97 Å². The van der Waals surface area contributed by atoms with Crippen molar-refractivity contribution in [3.63, 3.8) is 0 Å². The van der Waals surface area contributed by atoms with E-state index in [2.05, 4.69) is 10.2 Å². The summed E-state index contributed by atoms with van der Waals surface area (Å²) in [6.45, 7) is 2.92. The number of carbonyl (C=O) groups is 2. The number of hydrogen-bond acceptors (Lipinski definition) is 5. The topological polar surface area (TPSA) is 67.9 Å². The first-order chi connectivity index (χ1) is 12.2. The number of morpholine rings is 1. The summed E-state index contributed by atoms with van der Waals surface area (Å²) < 4.78 is 10.3. The minimum atomic E-state index is -0.436. The zero-order valence-corrected chi connectivity index (χ0v) is 14.8. The number of carbonyl (C=O) groups excluding carboxylic acids is 2. The van der Waals surface area contributed by atoms with Crippen molar-refractivity contribution in [3.8, 4) is 0 Å². The molecule has 3 rings (SSSR count). The third kappa shape index (κ3) is 4.31. The van der Waals surface area contributed by atoms with Crippen LogP contribution in [0.3, 0.4) is 0 Å². The third-order valence-corrected chi connectivity index (χ3v) is 5.02. The first-order valence-corrected chi connectivity index (χ1v) is 9.05. The molecule has 1 saturated carbocycles. The van der Waals surface area contributed by atoms with Crippen LogP contribution in [0.15, 0.2) is 18.2 Å². The molecule has 6 heteroatoms. The lowest BCUT2D eigenvalue weighted by atomic mass is 9.88. The van der Waals surface area contributed by atoms with Gasteiger partial charge in [0.15, 0.2) is 0 Å². The quantitative estimate of drug-likeness (QED) is 0.849. The highest BCUT2D eigenvalue weighted by molar-refractivity contribution is 6.02. The van der Waals surface area contributed by atoms with Crippen LogP contribution in [0.4, 0.5) is 11.4 Å². The predicted molar refractivity (Wildman–Crippen MR) is 96.0 cm³/mol. The minimum absolute atomic E-state index is 0.00368. The average molecular weight is 346 g/mol. The Labute approximate surface area is 148 Å². The monoisotopic (exact) mass is 346 g/mol. The summed E-state index contributed by atoms with van der Waals surface area (Å²) in [5.74, 6) is -0.392. The summed E-state index contributed by atoms with van der Waals surface area (Å²) in [5, 5.41) is 2.94. The largest absolute Gasteiger partial charge is 0.465 e. The molecule has 0 atom stereocenters. The molecule has 6 nitrogen and oxygen atoms in total. The lowest BCUT2D eigenvalue weighted by Gasteiger charge is -2.29. The van der Waals surface area contributed by atoms with E-state index < -0.39 is 5.97 Å². The van der Waals surface area contributed by atoms with Crippen LogP contribution in [0.2, 0.25) is 0 Å². The van der Waals surface area contributed by atoms with Gasteiger partial charge in [-0.15, -0.1) is 0 Å². The Morgan fingerprint density at radius 1 is 1.16 bits per heavy atom. The normalized spacial score (nSPS) is 18.7. The maximum atomic E-state index is 12.5. The molecule has 0 spiro atoms. The highest BCUT2D eigenvalue weighted by Gasteiger charge is 2.24. The third-order valence-electron chi connectivity index (χ3n) is 5.02. The maximum absolute atomic E-state index is 12.5. The Kier molecular flexibility index (Phi) is 5.91. The molecule has 1 aromatic carbocycles. The van der Waals surface area contributed by atoms with Crippen LogP contribution in [0.1, 0.15) is 42.5 Å². The van der Waals surface area contributed by atoms with Gasteiger partial charge in [-0.1, -0.05) is 19.3 Å². The van der Waals surface area contributed by atoms with Crippen LogP contribution in [0.25, 0.3) is 0 Å². The lowest BCUT2D eigenvalue weighted by molar-refractivity contribution is -0.120. The van der Waals surface area contributed by atoms with Crippen molar-refractivity contribution in [2.24, 2.45) is 5.92 Å². The molecule has 25 heavy (non-hydrogen) atoms. The number of ether oxygens (including phenoxy) is 2. The molecular formula is C19H26N2O4. The molecular weight excluding hydrogens is 320 g/mol. The Morgan fingerprint density at radius 2 is 1.88 bits per heavy atom. The number of methoxy groups -OCH3 is 1. The molecule has 2 fully saturated rings. The van der Waals surface area contributed by atoms with Crippen molar-refractivity contribution >= 4 is 23.3 Å². The molecule has 0 unspecified atom stereocenters. The Morgan fingerprint density at radius 3 is 2.56 bits per heavy atom. The lowest BCUT2D eigenvalue weighted by Crippen LogP contribution is -2.36. The van der Waals surface area contributed by atoms with E-state index in [1.165, 1.54) is 13.5 Å². The first-order valence-electron chi connectivity index (χ1n) is 9.05. The predicted octanol–water partition coefficient (Wildman–Crippen LogP) is 2.83. The van der Waals surface area contributed by atoms with Crippen LogP contribution < -0.4 is 10.2 Å². The van der Waals surface area contributed by atoms with E-state index in [9.17, 15) is 9.59 Å². The average Bonchev–Trinajstić information content (AvgIpc) is 2.69. The number of amides is 1. The maximum Gasteiger partial charge on any atom is 0.340 e. The molecule has 1 aliphatic carbocycles. The van der Waals surface area contributed by atoms with Gasteiger partial charge in [0.2, 0.25) is 5.91 Å². The van der Waals surface area contributed by atoms with Crippen LogP contribution in [0.5, 0.6) is 0 Å². The fourth-order valence-electron chi connectivity index (χ4n) is 3.54. The van der Waals surface area contributed by atoms with Gasteiger partial charge in [0.1, 0.15) is 0 Å². The van der Waals surface area contributed by atoms with Gasteiger partial charge in [-0.05, 0) is 31.0 Å². The van der Waals surface area contributed by atoms with Crippen LogP contribution in [-0.2, 0) is 14.3 Å². The first kappa shape index (κ1) is 17.7. The van der Waals surface area contributed by atoms with Gasteiger partial charge in [-0.3, -0.25) is 4.79 Å². The molecule has 2 aliphatic rings. The second kappa shape index (κ2) is 8.34. The molecule has 1 heterocycles. The summed E-state index contributed by atoms with van der Waals surface area (Å²) in [5.41, 5.74) is 1.87. The molecule has 1 aromatic rings. The number of esters is 1. The molecule has 1 aliphatic heterocycles. The van der Waals surface area contributed by atoms with E-state index in [0.717, 1.165) is 44.5 Å². The van der Waals surface area contributed by atoms with Crippen molar-refractivity contribution in [3.05, 3.63) is 23.8 Å². The van der Waals surface area contributed by atoms with E-state index in [0.29, 0.717) is 24.5 Å². The SMILES string of the molecule is COC(=O)c1cc(N2CCOCC2)ccc1NC(=O)C1CCCCC1. The molecule has 0 bridgehead atoms. The number of hydrogen-bond donors (Lipinski definition) is 1. The highest BCUT2D eigenvalue weighted by atomic mass is 16.5. The number of nitrogens with one attached hydrogen (secondary N) is 1. The Bertz CT molecular complexity index is 620. The standard InChI is InChI=1S/C19H26N2O4/c1-24-19(23)16-13-15(21-9-11-25-12-10-21)7-8-17(16)20-18(22)14-5-3-2-4-6-14/h7-8,13-14H,2-6,9-12H2,1H3,(H,20,22). The molecule has 136 valence electrons. The fraction of sp³-hybridized carbons (Fsp3) is 0.579. The van der Waals surface area contributed by atoms with Gasteiger partial charge in [0.25, 0.3) is 0 Å². The summed E-state index contributed by atoms with van der Waals surface area (Å²) in [6, 6.07) is 5.54. The van der Waals surface area contributed by atoms with Gasteiger partial charge in [-0.2, -0.15) is 0 Å². The van der Waals surface area contributed by atoms with E-state index in [4.69, 9.17) is 9.47 Å². The zero-order chi connectivity index (χ0) is 17.6. The van der Waals surface area contributed by atoms with E-state index in [1.54, 1.807) is 12.1 Å². The molecule has 0 radical (unpaired) electrons. The van der Waals surface area contributed by atoms with Crippen molar-refractivity contribution < 1.29 is 19.1 Å². The van der Waals surface area contributed by atoms with Gasteiger partial charge in [-0.25, -0.2) is 4.79 Å². The molecule has 1 saturated heterocycles. The molecule has 1 N–H and O–H groups in total. The Hall–Kier alpha value is -2.08.